The summed E-state index contributed by atoms with van der Waals surface area (Å²) in [5.74, 6) is 0. The molecular weight excluding hydrogens is 186 g/mol. The van der Waals surface area contributed by atoms with Crippen molar-refractivity contribution >= 4 is 0 Å². The maximum absolute atomic E-state index is 4.50. The van der Waals surface area contributed by atoms with Gasteiger partial charge in [0.15, 0.2) is 0 Å². The van der Waals surface area contributed by atoms with Gasteiger partial charge in [-0.1, -0.05) is 37.1 Å². The molecule has 15 heavy (non-hydrogen) atoms. The van der Waals surface area contributed by atoms with Crippen molar-refractivity contribution < 1.29 is 0 Å². The lowest BCUT2D eigenvalue weighted by atomic mass is 10.1. The standard InChI is InChI=1S/C9H13.3CH5N/c1-2-3-6-9-7-4-5-8-9;3*1-2/h4-5,7-8H,2-3,6H2,1H3;3*2H2,1H3. The number of rotatable bonds is 3. The van der Waals surface area contributed by atoms with E-state index in [1.165, 1.54) is 46.0 Å². The maximum atomic E-state index is 4.50. The molecule has 0 saturated carbocycles. The van der Waals surface area contributed by atoms with Gasteiger partial charge in [-0.25, -0.2) is 0 Å². The molecule has 0 aromatic rings. The van der Waals surface area contributed by atoms with Crippen LogP contribution in [0.25, 0.3) is 0 Å². The van der Waals surface area contributed by atoms with Crippen LogP contribution < -0.4 is 17.2 Å². The molecule has 0 amide bonds. The van der Waals surface area contributed by atoms with Crippen LogP contribution in [0.2, 0.25) is 0 Å². The van der Waals surface area contributed by atoms with E-state index in [1.54, 1.807) is 0 Å². The second kappa shape index (κ2) is 23.3. The van der Waals surface area contributed by atoms with Crippen LogP contribution in [0.3, 0.4) is 0 Å². The van der Waals surface area contributed by atoms with Gasteiger partial charge in [-0.3, -0.25) is 0 Å². The van der Waals surface area contributed by atoms with Gasteiger partial charge in [-0.05, 0) is 34.0 Å². The molecule has 1 aliphatic rings. The summed E-state index contributed by atoms with van der Waals surface area (Å²) >= 11 is 0. The number of nitrogens with two attached hydrogens (primary N) is 3. The third-order valence-corrected chi connectivity index (χ3v) is 1.55. The first-order valence-electron chi connectivity index (χ1n) is 5.37. The predicted molar refractivity (Wildman–Crippen MR) is 71.4 cm³/mol. The molecule has 0 unspecified atom stereocenters. The molecule has 3 nitrogen and oxygen atoms in total. The fourth-order valence-electron chi connectivity index (χ4n) is 0.961. The number of allylic oxidation sites excluding steroid dienone is 4. The zero-order valence-electron chi connectivity index (χ0n) is 10.7. The first-order valence-corrected chi connectivity index (χ1v) is 5.37. The van der Waals surface area contributed by atoms with Gasteiger partial charge < -0.3 is 17.2 Å². The fourth-order valence-corrected chi connectivity index (χ4v) is 0.961. The van der Waals surface area contributed by atoms with Crippen LogP contribution in [0.4, 0.5) is 0 Å². The third kappa shape index (κ3) is 16.1. The Morgan fingerprint density at radius 2 is 1.53 bits per heavy atom. The fraction of sp³-hybridized carbons (Fsp3) is 0.583. The molecule has 0 saturated heterocycles. The Balaban J connectivity index is -0.000000208. The Morgan fingerprint density at radius 1 is 1.00 bits per heavy atom. The van der Waals surface area contributed by atoms with Gasteiger partial charge in [0, 0.05) is 6.42 Å². The molecule has 0 bridgehead atoms. The van der Waals surface area contributed by atoms with Gasteiger partial charge >= 0.3 is 0 Å². The highest BCUT2D eigenvalue weighted by atomic mass is 14.4. The van der Waals surface area contributed by atoms with Gasteiger partial charge in [0.25, 0.3) is 0 Å². The number of hydrogen-bond donors (Lipinski definition) is 3. The van der Waals surface area contributed by atoms with E-state index >= 15 is 0 Å². The minimum atomic E-state index is 1.25. The molecule has 1 rings (SSSR count). The first-order chi connectivity index (χ1) is 7.43. The van der Waals surface area contributed by atoms with Crippen LogP contribution in [0.5, 0.6) is 0 Å². The third-order valence-electron chi connectivity index (χ3n) is 1.55. The second-order valence-corrected chi connectivity index (χ2v) is 2.40. The molecule has 6 N–H and O–H groups in total. The van der Waals surface area contributed by atoms with E-state index in [1.807, 2.05) is 0 Å². The predicted octanol–water partition coefficient (Wildman–Crippen LogP) is 1.60. The van der Waals surface area contributed by atoms with E-state index in [0.717, 1.165) is 0 Å². The Bertz CT molecular complexity index is 140. The lowest BCUT2D eigenvalue weighted by molar-refractivity contribution is 0.799. The van der Waals surface area contributed by atoms with Crippen molar-refractivity contribution in [2.75, 3.05) is 21.1 Å². The molecule has 0 aromatic heterocycles. The Kier molecular flexibility index (Phi) is 30.8. The van der Waals surface area contributed by atoms with Crippen LogP contribution in [-0.4, -0.2) is 21.1 Å². The van der Waals surface area contributed by atoms with Crippen LogP contribution in [0, 0.1) is 6.42 Å². The largest absolute Gasteiger partial charge is 0.333 e. The van der Waals surface area contributed by atoms with Crippen LogP contribution in [0.15, 0.2) is 23.8 Å². The van der Waals surface area contributed by atoms with E-state index in [2.05, 4.69) is 48.8 Å². The lowest BCUT2D eigenvalue weighted by Gasteiger charge is -1.94. The molecule has 1 aliphatic carbocycles. The van der Waals surface area contributed by atoms with E-state index < -0.39 is 0 Å². The molecule has 0 spiro atoms. The zero-order valence-corrected chi connectivity index (χ0v) is 10.7. The monoisotopic (exact) mass is 214 g/mol. The summed E-state index contributed by atoms with van der Waals surface area (Å²) in [6.07, 6.45) is 12.5. The molecule has 91 valence electrons. The summed E-state index contributed by atoms with van der Waals surface area (Å²) in [5.41, 5.74) is 15.0. The van der Waals surface area contributed by atoms with Crippen molar-refractivity contribution in [1.29, 1.82) is 0 Å². The molecule has 0 atom stereocenters. The molecule has 0 heterocycles. The summed E-state index contributed by atoms with van der Waals surface area (Å²) < 4.78 is 0. The molecule has 1 radical (unpaired) electrons. The second-order valence-electron chi connectivity index (χ2n) is 2.40. The van der Waals surface area contributed by atoms with Crippen LogP contribution in [0.1, 0.15) is 26.2 Å². The summed E-state index contributed by atoms with van der Waals surface area (Å²) in [4.78, 5) is 0. The summed E-state index contributed by atoms with van der Waals surface area (Å²) in [7, 11) is 4.50. The molecular formula is C12H28N3. The van der Waals surface area contributed by atoms with Gasteiger partial charge in [-0.2, -0.15) is 0 Å². The quantitative estimate of drug-likeness (QED) is 0.668. The number of unbranched alkanes of at least 4 members (excludes halogenated alkanes) is 1. The Labute approximate surface area is 95.4 Å². The normalized spacial score (nSPS) is 11.0. The van der Waals surface area contributed by atoms with Crippen molar-refractivity contribution in [2.24, 2.45) is 17.2 Å². The highest BCUT2D eigenvalue weighted by molar-refractivity contribution is 5.33. The number of hydrogen-bond acceptors (Lipinski definition) is 3. The van der Waals surface area contributed by atoms with Crippen molar-refractivity contribution in [3.05, 3.63) is 30.2 Å². The van der Waals surface area contributed by atoms with Crippen LogP contribution in [-0.2, 0) is 0 Å². The van der Waals surface area contributed by atoms with Gasteiger partial charge in [0.2, 0.25) is 0 Å². The van der Waals surface area contributed by atoms with Crippen molar-refractivity contribution in [2.45, 2.75) is 26.2 Å². The van der Waals surface area contributed by atoms with Crippen molar-refractivity contribution in [3.63, 3.8) is 0 Å². The zero-order chi connectivity index (χ0) is 12.5. The Morgan fingerprint density at radius 3 is 1.87 bits per heavy atom. The van der Waals surface area contributed by atoms with E-state index in [9.17, 15) is 0 Å². The van der Waals surface area contributed by atoms with E-state index in [-0.39, 0.29) is 0 Å². The smallest absolute Gasteiger partial charge is 0.00535 e. The first kappa shape index (κ1) is 19.9. The highest BCUT2D eigenvalue weighted by Gasteiger charge is 1.94. The topological polar surface area (TPSA) is 78.1 Å². The average Bonchev–Trinajstić information content (AvgIpc) is 2.87. The van der Waals surface area contributed by atoms with Gasteiger partial charge in [0.1, 0.15) is 0 Å². The average molecular weight is 214 g/mol. The Hall–Kier alpha value is -0.640. The maximum Gasteiger partial charge on any atom is 0.00535 e. The summed E-state index contributed by atoms with van der Waals surface area (Å²) in [6.45, 7) is 2.23. The van der Waals surface area contributed by atoms with Crippen molar-refractivity contribution in [3.8, 4) is 0 Å². The highest BCUT2D eigenvalue weighted by Crippen LogP contribution is 2.14. The molecule has 0 fully saturated rings. The van der Waals surface area contributed by atoms with E-state index in [4.69, 9.17) is 0 Å². The molecule has 0 aliphatic heterocycles. The summed E-state index contributed by atoms with van der Waals surface area (Å²) in [5, 5.41) is 0. The minimum absolute atomic E-state index is 1.25. The van der Waals surface area contributed by atoms with Gasteiger partial charge in [-0.15, -0.1) is 0 Å². The van der Waals surface area contributed by atoms with Crippen molar-refractivity contribution in [1.82, 2.24) is 0 Å². The summed E-state index contributed by atoms with van der Waals surface area (Å²) in [6, 6.07) is 0. The van der Waals surface area contributed by atoms with E-state index in [0.29, 0.717) is 0 Å². The molecule has 3 heteroatoms. The SMILES string of the molecule is CCCCC1=C[CH]C=C1.CN.CN.CN. The van der Waals surface area contributed by atoms with Gasteiger partial charge in [0.05, 0.1) is 0 Å². The minimum Gasteiger partial charge on any atom is -0.333 e. The molecule has 0 aromatic carbocycles. The van der Waals surface area contributed by atoms with Crippen LogP contribution >= 0.6 is 0 Å². The lowest BCUT2D eigenvalue weighted by Crippen LogP contribution is -1.74.